The van der Waals surface area contributed by atoms with Crippen LogP contribution in [0.25, 0.3) is 0 Å². The molecule has 0 aromatic rings. The highest BCUT2D eigenvalue weighted by Crippen LogP contribution is 2.52. The topological polar surface area (TPSA) is 46.6 Å². The molecule has 0 unspecified atom stereocenters. The SMILES string of the molecule is CC(C)(C)OC(=O)N1C[C@H]2C(C(=O)CBr)[C@@H]2C1. The monoisotopic (exact) mass is 303 g/mol. The minimum Gasteiger partial charge on any atom is -0.444 e. The second-order valence-electron chi connectivity index (χ2n) is 5.84. The fraction of sp³-hybridized carbons (Fsp3) is 0.833. The van der Waals surface area contributed by atoms with Gasteiger partial charge in [0.05, 0.1) is 5.33 Å². The summed E-state index contributed by atoms with van der Waals surface area (Å²) in [5, 5.41) is 0.428. The predicted molar refractivity (Wildman–Crippen MR) is 67.1 cm³/mol. The molecule has 1 aliphatic heterocycles. The Balaban J connectivity index is 1.83. The summed E-state index contributed by atoms with van der Waals surface area (Å²) in [6, 6.07) is 0. The number of ether oxygens (including phenoxy) is 1. The number of hydrogen-bond acceptors (Lipinski definition) is 3. The Hall–Kier alpha value is -0.580. The first kappa shape index (κ1) is 12.9. The Labute approximate surface area is 110 Å². The minimum atomic E-state index is -0.449. The zero-order chi connectivity index (χ0) is 12.8. The number of amides is 1. The van der Waals surface area contributed by atoms with Gasteiger partial charge in [-0.1, -0.05) is 15.9 Å². The highest BCUT2D eigenvalue weighted by atomic mass is 79.9. The summed E-state index contributed by atoms with van der Waals surface area (Å²) in [5.41, 5.74) is -0.449. The van der Waals surface area contributed by atoms with Crippen LogP contribution in [0, 0.1) is 17.8 Å². The molecule has 0 radical (unpaired) electrons. The van der Waals surface area contributed by atoms with Crippen LogP contribution in [-0.2, 0) is 9.53 Å². The van der Waals surface area contributed by atoms with Crippen molar-refractivity contribution in [2.45, 2.75) is 26.4 Å². The Kier molecular flexibility index (Phi) is 3.23. The Morgan fingerprint density at radius 3 is 2.24 bits per heavy atom. The molecule has 0 bridgehead atoms. The summed E-state index contributed by atoms with van der Waals surface area (Å²) >= 11 is 3.19. The van der Waals surface area contributed by atoms with E-state index in [0.29, 0.717) is 30.3 Å². The molecule has 1 aliphatic carbocycles. The number of fused-ring (bicyclic) bond motifs is 1. The average molecular weight is 304 g/mol. The van der Waals surface area contributed by atoms with Crippen LogP contribution in [0.3, 0.4) is 0 Å². The van der Waals surface area contributed by atoms with Gasteiger partial charge in [-0.05, 0) is 32.6 Å². The van der Waals surface area contributed by atoms with Gasteiger partial charge in [0.1, 0.15) is 11.4 Å². The van der Waals surface area contributed by atoms with E-state index in [1.54, 1.807) is 4.90 Å². The van der Waals surface area contributed by atoms with E-state index in [2.05, 4.69) is 15.9 Å². The molecule has 17 heavy (non-hydrogen) atoms. The maximum Gasteiger partial charge on any atom is 0.410 e. The zero-order valence-electron chi connectivity index (χ0n) is 10.4. The molecule has 1 heterocycles. The summed E-state index contributed by atoms with van der Waals surface area (Å²) in [7, 11) is 0. The zero-order valence-corrected chi connectivity index (χ0v) is 12.0. The fourth-order valence-electron chi connectivity index (χ4n) is 2.57. The fourth-order valence-corrected chi connectivity index (χ4v) is 2.94. The van der Waals surface area contributed by atoms with E-state index < -0.39 is 5.60 Å². The Morgan fingerprint density at radius 2 is 1.82 bits per heavy atom. The number of ketones is 1. The highest BCUT2D eigenvalue weighted by molar-refractivity contribution is 9.09. The molecule has 0 aromatic heterocycles. The summed E-state index contributed by atoms with van der Waals surface area (Å²) in [5.74, 6) is 1.18. The van der Waals surface area contributed by atoms with Gasteiger partial charge in [0.15, 0.2) is 0 Å². The first-order valence-corrected chi connectivity index (χ1v) is 7.02. The molecular formula is C12H18BrNO3. The van der Waals surface area contributed by atoms with Crippen LogP contribution < -0.4 is 0 Å². The number of hydrogen-bond donors (Lipinski definition) is 0. The molecule has 0 spiro atoms. The van der Waals surface area contributed by atoms with Gasteiger partial charge in [0.2, 0.25) is 0 Å². The van der Waals surface area contributed by atoms with E-state index in [1.807, 2.05) is 20.8 Å². The number of alkyl halides is 1. The molecule has 4 nitrogen and oxygen atoms in total. The average Bonchev–Trinajstić information content (AvgIpc) is 2.69. The minimum absolute atomic E-state index is 0.174. The van der Waals surface area contributed by atoms with Gasteiger partial charge < -0.3 is 9.64 Å². The number of likely N-dealkylation sites (tertiary alicyclic amines) is 1. The quantitative estimate of drug-likeness (QED) is 0.734. The standard InChI is InChI=1S/C12H18BrNO3/c1-12(2,3)17-11(16)14-5-7-8(6-14)10(7)9(15)4-13/h7-8,10H,4-6H2,1-3H3/t7-,8-/m1/s1. The van der Waals surface area contributed by atoms with Crippen LogP contribution in [0.1, 0.15) is 20.8 Å². The molecule has 1 amide bonds. The summed E-state index contributed by atoms with van der Waals surface area (Å²) in [6.45, 7) is 6.92. The van der Waals surface area contributed by atoms with Gasteiger partial charge in [-0.3, -0.25) is 4.79 Å². The van der Waals surface area contributed by atoms with Gasteiger partial charge in [-0.2, -0.15) is 0 Å². The predicted octanol–water partition coefficient (Wildman–Crippen LogP) is 2.06. The molecule has 1 saturated heterocycles. The lowest BCUT2D eigenvalue weighted by atomic mass is 10.2. The summed E-state index contributed by atoms with van der Waals surface area (Å²) in [4.78, 5) is 25.0. The van der Waals surface area contributed by atoms with Crippen LogP contribution >= 0.6 is 15.9 Å². The third kappa shape index (κ3) is 2.64. The summed E-state index contributed by atoms with van der Waals surface area (Å²) < 4.78 is 5.31. The number of halogens is 1. The van der Waals surface area contributed by atoms with Crippen LogP contribution in [0.2, 0.25) is 0 Å². The Morgan fingerprint density at radius 1 is 1.29 bits per heavy atom. The normalized spacial score (nSPS) is 31.1. The lowest BCUT2D eigenvalue weighted by Crippen LogP contribution is -2.37. The summed E-state index contributed by atoms with van der Waals surface area (Å²) in [6.07, 6.45) is -0.255. The van der Waals surface area contributed by atoms with Gasteiger partial charge in [-0.15, -0.1) is 0 Å². The first-order valence-electron chi connectivity index (χ1n) is 5.90. The van der Waals surface area contributed by atoms with Crippen molar-refractivity contribution in [2.24, 2.45) is 17.8 Å². The van der Waals surface area contributed by atoms with Crippen molar-refractivity contribution < 1.29 is 14.3 Å². The van der Waals surface area contributed by atoms with Crippen molar-refractivity contribution in [3.05, 3.63) is 0 Å². The van der Waals surface area contributed by atoms with E-state index in [9.17, 15) is 9.59 Å². The molecule has 0 aromatic carbocycles. The molecule has 96 valence electrons. The van der Waals surface area contributed by atoms with Crippen molar-refractivity contribution >= 4 is 27.8 Å². The van der Waals surface area contributed by atoms with Gasteiger partial charge in [-0.25, -0.2) is 4.79 Å². The van der Waals surface area contributed by atoms with Crippen molar-refractivity contribution in [1.82, 2.24) is 4.90 Å². The third-order valence-electron chi connectivity index (χ3n) is 3.35. The number of piperidine rings is 1. The maximum absolute atomic E-state index is 11.8. The van der Waals surface area contributed by atoms with Crippen LogP contribution in [0.15, 0.2) is 0 Å². The molecule has 1 saturated carbocycles. The number of carbonyl (C=O) groups is 2. The molecule has 2 atom stereocenters. The first-order chi connectivity index (χ1) is 7.83. The number of rotatable bonds is 2. The van der Waals surface area contributed by atoms with Gasteiger partial charge in [0, 0.05) is 19.0 Å². The number of Topliss-reactive ketones (excluding diaryl/α,β-unsaturated/α-hetero) is 1. The van der Waals surface area contributed by atoms with E-state index in [4.69, 9.17) is 4.74 Å². The second-order valence-corrected chi connectivity index (χ2v) is 6.40. The maximum atomic E-state index is 11.8. The smallest absolute Gasteiger partial charge is 0.410 e. The second kappa shape index (κ2) is 4.26. The Bertz CT molecular complexity index is 338. The largest absolute Gasteiger partial charge is 0.444 e. The van der Waals surface area contributed by atoms with Crippen LogP contribution in [0.4, 0.5) is 4.79 Å². The van der Waals surface area contributed by atoms with Gasteiger partial charge in [0.25, 0.3) is 0 Å². The number of carbonyl (C=O) groups excluding carboxylic acids is 2. The molecular weight excluding hydrogens is 286 g/mol. The van der Waals surface area contributed by atoms with Crippen LogP contribution in [-0.4, -0.2) is 40.8 Å². The lowest BCUT2D eigenvalue weighted by Gasteiger charge is -2.25. The van der Waals surface area contributed by atoms with E-state index >= 15 is 0 Å². The highest BCUT2D eigenvalue weighted by Gasteiger charge is 2.59. The van der Waals surface area contributed by atoms with E-state index in [0.717, 1.165) is 0 Å². The van der Waals surface area contributed by atoms with Gasteiger partial charge >= 0.3 is 6.09 Å². The van der Waals surface area contributed by atoms with Crippen molar-refractivity contribution in [2.75, 3.05) is 18.4 Å². The van der Waals surface area contributed by atoms with Crippen molar-refractivity contribution in [3.63, 3.8) is 0 Å². The van der Waals surface area contributed by atoms with Crippen molar-refractivity contribution in [1.29, 1.82) is 0 Å². The molecule has 2 rings (SSSR count). The molecule has 0 N–H and O–H groups in total. The van der Waals surface area contributed by atoms with E-state index in [1.165, 1.54) is 0 Å². The molecule has 2 fully saturated rings. The molecule has 2 aliphatic rings. The number of nitrogens with zero attached hydrogens (tertiary/aromatic N) is 1. The van der Waals surface area contributed by atoms with Crippen molar-refractivity contribution in [3.8, 4) is 0 Å². The van der Waals surface area contributed by atoms with Crippen LogP contribution in [0.5, 0.6) is 0 Å². The van der Waals surface area contributed by atoms with E-state index in [-0.39, 0.29) is 17.8 Å². The molecule has 5 heteroatoms. The third-order valence-corrected chi connectivity index (χ3v) is 3.90. The lowest BCUT2D eigenvalue weighted by molar-refractivity contribution is -0.118.